The number of rotatable bonds is 8. The van der Waals surface area contributed by atoms with Gasteiger partial charge in [0.15, 0.2) is 0 Å². The second-order valence-corrected chi connectivity index (χ2v) is 4.70. The minimum Gasteiger partial charge on any atom is -0.392 e. The van der Waals surface area contributed by atoms with Crippen molar-refractivity contribution in [3.8, 4) is 0 Å². The lowest BCUT2D eigenvalue weighted by atomic mass is 9.91. The molecule has 0 aliphatic carbocycles. The molecule has 0 radical (unpaired) electrons. The van der Waals surface area contributed by atoms with Gasteiger partial charge in [-0.15, -0.1) is 6.58 Å². The molecule has 0 aromatic heterocycles. The lowest BCUT2D eigenvalue weighted by molar-refractivity contribution is -0.124. The second-order valence-electron chi connectivity index (χ2n) is 4.70. The first-order valence-electron chi connectivity index (χ1n) is 6.66. The van der Waals surface area contributed by atoms with Crippen LogP contribution in [-0.2, 0) is 4.79 Å². The summed E-state index contributed by atoms with van der Waals surface area (Å²) in [6.07, 6.45) is 7.06. The van der Waals surface area contributed by atoms with Crippen molar-refractivity contribution in [1.82, 2.24) is 0 Å². The molecule has 0 spiro atoms. The van der Waals surface area contributed by atoms with E-state index in [0.717, 1.165) is 12.0 Å². The maximum Gasteiger partial charge on any atom is 0.135 e. The molecule has 0 amide bonds. The number of carbonyl (C=O) groups is 1. The summed E-state index contributed by atoms with van der Waals surface area (Å²) in [5.74, 6) is -0.290. The van der Waals surface area contributed by atoms with Gasteiger partial charge in [-0.1, -0.05) is 48.6 Å². The van der Waals surface area contributed by atoms with Crippen LogP contribution in [0.15, 0.2) is 49.1 Å². The van der Waals surface area contributed by atoms with Crippen LogP contribution in [0, 0.1) is 5.92 Å². The third-order valence-electron chi connectivity index (χ3n) is 3.15. The highest BCUT2D eigenvalue weighted by molar-refractivity contribution is 5.79. The van der Waals surface area contributed by atoms with E-state index in [-0.39, 0.29) is 11.7 Å². The van der Waals surface area contributed by atoms with E-state index in [4.69, 9.17) is 0 Å². The molecule has 0 bridgehead atoms. The van der Waals surface area contributed by atoms with Crippen LogP contribution in [0.2, 0.25) is 0 Å². The summed E-state index contributed by atoms with van der Waals surface area (Å²) in [6, 6.07) is 10.0. The molecule has 2 atom stereocenters. The number of carbonyl (C=O) groups excluding carboxylic acids is 1. The molecular weight excluding hydrogens is 236 g/mol. The Kier molecular flexibility index (Phi) is 6.83. The molecular formula is C17H22O2. The molecule has 102 valence electrons. The minimum atomic E-state index is -0.587. The van der Waals surface area contributed by atoms with E-state index >= 15 is 0 Å². The van der Waals surface area contributed by atoms with Crippen LogP contribution in [-0.4, -0.2) is 17.0 Å². The first-order valence-corrected chi connectivity index (χ1v) is 6.66. The van der Waals surface area contributed by atoms with Gasteiger partial charge in [-0.25, -0.2) is 0 Å². The number of ketones is 1. The molecule has 2 unspecified atom stereocenters. The van der Waals surface area contributed by atoms with Crippen molar-refractivity contribution in [2.75, 3.05) is 0 Å². The lowest BCUT2D eigenvalue weighted by Gasteiger charge is -2.18. The van der Waals surface area contributed by atoms with Gasteiger partial charge in [-0.05, 0) is 31.7 Å². The maximum absolute atomic E-state index is 11.4. The van der Waals surface area contributed by atoms with Gasteiger partial charge in [0.05, 0.1) is 6.10 Å². The molecule has 0 aliphatic heterocycles. The number of aliphatic hydroxyl groups is 1. The summed E-state index contributed by atoms with van der Waals surface area (Å²) < 4.78 is 0. The largest absolute Gasteiger partial charge is 0.392 e. The Balaban J connectivity index is 2.41. The lowest BCUT2D eigenvalue weighted by Crippen LogP contribution is -2.26. The van der Waals surface area contributed by atoms with Crippen LogP contribution in [0.1, 0.15) is 31.7 Å². The molecule has 2 nitrogen and oxygen atoms in total. The highest BCUT2D eigenvalue weighted by atomic mass is 16.3. The molecule has 0 aliphatic rings. The third kappa shape index (κ3) is 5.66. The maximum atomic E-state index is 11.4. The third-order valence-corrected chi connectivity index (χ3v) is 3.15. The van der Waals surface area contributed by atoms with Crippen LogP contribution < -0.4 is 0 Å². The van der Waals surface area contributed by atoms with Crippen LogP contribution in [0.5, 0.6) is 0 Å². The Hall–Kier alpha value is -1.67. The average molecular weight is 258 g/mol. The quantitative estimate of drug-likeness (QED) is 0.723. The van der Waals surface area contributed by atoms with Crippen molar-refractivity contribution in [3.63, 3.8) is 0 Å². The number of hydrogen-bond donors (Lipinski definition) is 1. The normalized spacial score (nSPS) is 14.2. The van der Waals surface area contributed by atoms with Gasteiger partial charge in [-0.2, -0.15) is 0 Å². The van der Waals surface area contributed by atoms with Crippen LogP contribution in [0.4, 0.5) is 0 Å². The van der Waals surface area contributed by atoms with Crippen molar-refractivity contribution in [2.24, 2.45) is 5.92 Å². The minimum absolute atomic E-state index is 0.0273. The zero-order valence-electron chi connectivity index (χ0n) is 11.5. The first-order chi connectivity index (χ1) is 9.15. The van der Waals surface area contributed by atoms with Gasteiger partial charge >= 0.3 is 0 Å². The Morgan fingerprint density at radius 2 is 2.05 bits per heavy atom. The van der Waals surface area contributed by atoms with E-state index in [2.05, 4.69) is 6.58 Å². The molecule has 1 N–H and O–H groups in total. The fourth-order valence-electron chi connectivity index (χ4n) is 2.03. The van der Waals surface area contributed by atoms with Crippen molar-refractivity contribution >= 4 is 11.9 Å². The zero-order valence-corrected chi connectivity index (χ0v) is 11.5. The predicted octanol–water partition coefficient (Wildman–Crippen LogP) is 3.62. The zero-order chi connectivity index (χ0) is 14.1. The number of hydrogen-bond acceptors (Lipinski definition) is 2. The molecule has 0 heterocycles. The van der Waals surface area contributed by atoms with Crippen molar-refractivity contribution < 1.29 is 9.90 Å². The molecule has 1 aromatic rings. The summed E-state index contributed by atoms with van der Waals surface area (Å²) in [5, 5.41) is 10.0. The standard InChI is InChI=1S/C17H22O2/c1-3-9-16(14(2)18)17(19)13-8-7-12-15-10-5-4-6-11-15/h3-7,10-12,16-17,19H,1,8-9,13H2,2H3/b12-7+. The Bertz CT molecular complexity index is 420. The summed E-state index contributed by atoms with van der Waals surface area (Å²) in [5.41, 5.74) is 1.14. The van der Waals surface area contributed by atoms with Crippen molar-refractivity contribution in [3.05, 3.63) is 54.6 Å². The highest BCUT2D eigenvalue weighted by Crippen LogP contribution is 2.16. The number of Topliss-reactive ketones (excluding diaryl/α,β-unsaturated/α-hetero) is 1. The van der Waals surface area contributed by atoms with Gasteiger partial charge in [0.2, 0.25) is 0 Å². The molecule has 2 heteroatoms. The fourth-order valence-corrected chi connectivity index (χ4v) is 2.03. The Labute approximate surface area is 115 Å². The number of aliphatic hydroxyl groups excluding tert-OH is 1. The molecule has 19 heavy (non-hydrogen) atoms. The van der Waals surface area contributed by atoms with E-state index in [0.29, 0.717) is 12.8 Å². The average Bonchev–Trinajstić information content (AvgIpc) is 2.41. The predicted molar refractivity (Wildman–Crippen MR) is 79.7 cm³/mol. The van der Waals surface area contributed by atoms with Gasteiger partial charge < -0.3 is 5.11 Å². The number of benzene rings is 1. The molecule has 1 aromatic carbocycles. The van der Waals surface area contributed by atoms with Crippen LogP contribution in [0.25, 0.3) is 6.08 Å². The summed E-state index contributed by atoms with van der Waals surface area (Å²) in [6.45, 7) is 5.15. The van der Waals surface area contributed by atoms with E-state index in [9.17, 15) is 9.90 Å². The van der Waals surface area contributed by atoms with E-state index in [1.165, 1.54) is 6.92 Å². The van der Waals surface area contributed by atoms with Gasteiger partial charge in [0.1, 0.15) is 5.78 Å². The summed E-state index contributed by atoms with van der Waals surface area (Å²) >= 11 is 0. The van der Waals surface area contributed by atoms with E-state index in [1.54, 1.807) is 6.08 Å². The van der Waals surface area contributed by atoms with Gasteiger partial charge in [-0.3, -0.25) is 4.79 Å². The molecule has 0 saturated carbocycles. The van der Waals surface area contributed by atoms with E-state index < -0.39 is 6.10 Å². The highest BCUT2D eigenvalue weighted by Gasteiger charge is 2.21. The SMILES string of the molecule is C=CCC(C(C)=O)C(O)CC/C=C/c1ccccc1. The first kappa shape index (κ1) is 15.4. The Morgan fingerprint density at radius 3 is 2.63 bits per heavy atom. The number of allylic oxidation sites excluding steroid dienone is 2. The Morgan fingerprint density at radius 1 is 1.37 bits per heavy atom. The summed E-state index contributed by atoms with van der Waals surface area (Å²) in [4.78, 5) is 11.4. The van der Waals surface area contributed by atoms with E-state index in [1.807, 2.05) is 42.5 Å². The topological polar surface area (TPSA) is 37.3 Å². The van der Waals surface area contributed by atoms with Crippen LogP contribution in [0.3, 0.4) is 0 Å². The second kappa shape index (κ2) is 8.44. The van der Waals surface area contributed by atoms with Crippen LogP contribution >= 0.6 is 0 Å². The molecule has 0 saturated heterocycles. The monoisotopic (exact) mass is 258 g/mol. The summed E-state index contributed by atoms with van der Waals surface area (Å²) in [7, 11) is 0. The van der Waals surface area contributed by atoms with Gasteiger partial charge in [0, 0.05) is 5.92 Å². The van der Waals surface area contributed by atoms with Gasteiger partial charge in [0.25, 0.3) is 0 Å². The van der Waals surface area contributed by atoms with Crippen molar-refractivity contribution in [2.45, 2.75) is 32.3 Å². The molecule has 0 fully saturated rings. The smallest absolute Gasteiger partial charge is 0.135 e. The molecule has 1 rings (SSSR count). The van der Waals surface area contributed by atoms with Crippen molar-refractivity contribution in [1.29, 1.82) is 0 Å². The fraction of sp³-hybridized carbons (Fsp3) is 0.353.